The molecule has 0 saturated carbocycles. The number of benzene rings is 2. The van der Waals surface area contributed by atoms with Gasteiger partial charge in [-0.05, 0) is 62.6 Å². The number of carbonyl (C=O) groups is 2. The minimum Gasteiger partial charge on any atom is -0.381 e. The maximum atomic E-state index is 13.2. The molecule has 2 aromatic carbocycles. The maximum Gasteiger partial charge on any atom is 0.254 e. The van der Waals surface area contributed by atoms with Gasteiger partial charge in [-0.1, -0.05) is 48.5 Å². The Morgan fingerprint density at radius 3 is 2.12 bits per heavy atom. The number of rotatable bonds is 7. The topological polar surface area (TPSA) is 72.9 Å². The second-order valence-corrected chi connectivity index (χ2v) is 10.5. The Hall–Kier alpha value is -2.70. The molecular weight excluding hydrogens is 426 g/mol. The Kier molecular flexibility index (Phi) is 7.10. The summed E-state index contributed by atoms with van der Waals surface area (Å²) >= 11 is 0. The zero-order valence-electron chi connectivity index (χ0n) is 20.8. The first-order valence-corrected chi connectivity index (χ1v) is 12.3. The molecule has 182 valence electrons. The Balaban J connectivity index is 1.34. The molecule has 2 saturated heterocycles. The van der Waals surface area contributed by atoms with E-state index >= 15 is 0 Å². The van der Waals surface area contributed by atoms with Gasteiger partial charge >= 0.3 is 0 Å². The molecule has 0 radical (unpaired) electrons. The number of nitrogens with one attached hydrogen (secondary N) is 1. The molecule has 0 aliphatic carbocycles. The van der Waals surface area contributed by atoms with Crippen molar-refractivity contribution in [1.29, 1.82) is 0 Å². The van der Waals surface area contributed by atoms with Gasteiger partial charge in [-0.25, -0.2) is 0 Å². The molecule has 0 spiro atoms. The van der Waals surface area contributed by atoms with Gasteiger partial charge in [-0.3, -0.25) is 9.59 Å². The van der Waals surface area contributed by atoms with Crippen LogP contribution in [0.2, 0.25) is 0 Å². The molecule has 6 nitrogen and oxygen atoms in total. The Morgan fingerprint density at radius 2 is 1.56 bits per heavy atom. The minimum absolute atomic E-state index is 0.150. The van der Waals surface area contributed by atoms with Gasteiger partial charge in [0, 0.05) is 38.3 Å². The van der Waals surface area contributed by atoms with Gasteiger partial charge in [-0.2, -0.15) is 0 Å². The van der Waals surface area contributed by atoms with E-state index in [-0.39, 0.29) is 17.9 Å². The summed E-state index contributed by atoms with van der Waals surface area (Å²) in [6, 6.07) is 15.8. The molecule has 6 heteroatoms. The molecule has 0 aromatic heterocycles. The van der Waals surface area contributed by atoms with Crippen LogP contribution < -0.4 is 5.32 Å². The smallest absolute Gasteiger partial charge is 0.254 e. The third-order valence-corrected chi connectivity index (χ3v) is 7.34. The number of hydrogen-bond donors (Lipinski definition) is 2. The Bertz CT molecular complexity index is 997. The van der Waals surface area contributed by atoms with Gasteiger partial charge in [-0.15, -0.1) is 0 Å². The van der Waals surface area contributed by atoms with Crippen molar-refractivity contribution in [3.05, 3.63) is 70.8 Å². The van der Waals surface area contributed by atoms with Crippen LogP contribution in [-0.2, 0) is 4.79 Å². The van der Waals surface area contributed by atoms with E-state index in [0.717, 1.165) is 61.4 Å². The van der Waals surface area contributed by atoms with Crippen LogP contribution >= 0.6 is 0 Å². The van der Waals surface area contributed by atoms with Crippen LogP contribution in [-0.4, -0.2) is 65.0 Å². The predicted octanol–water partition coefficient (Wildman–Crippen LogP) is 3.33. The van der Waals surface area contributed by atoms with E-state index in [4.69, 9.17) is 0 Å². The van der Waals surface area contributed by atoms with Crippen LogP contribution in [0.25, 0.3) is 0 Å². The van der Waals surface area contributed by atoms with Gasteiger partial charge in [0.2, 0.25) is 0 Å². The van der Waals surface area contributed by atoms with Crippen molar-refractivity contribution in [1.82, 2.24) is 15.1 Å². The van der Waals surface area contributed by atoms with Crippen molar-refractivity contribution in [2.24, 2.45) is 11.8 Å². The van der Waals surface area contributed by atoms with E-state index in [2.05, 4.69) is 10.2 Å². The monoisotopic (exact) mass is 463 g/mol. The van der Waals surface area contributed by atoms with Crippen LogP contribution in [0.5, 0.6) is 0 Å². The molecule has 2 N–H and O–H groups in total. The van der Waals surface area contributed by atoms with Gasteiger partial charge in [0.1, 0.15) is 5.60 Å². The fourth-order valence-electron chi connectivity index (χ4n) is 5.40. The van der Waals surface area contributed by atoms with E-state index in [1.165, 1.54) is 13.8 Å². The fourth-order valence-corrected chi connectivity index (χ4v) is 5.40. The summed E-state index contributed by atoms with van der Waals surface area (Å²) < 4.78 is 0. The van der Waals surface area contributed by atoms with Crippen LogP contribution in [0.4, 0.5) is 0 Å². The lowest BCUT2D eigenvalue weighted by Crippen LogP contribution is -2.44. The molecule has 2 amide bonds. The maximum absolute atomic E-state index is 13.2. The highest BCUT2D eigenvalue weighted by atomic mass is 16.3. The number of amides is 2. The standard InChI is InChI=1S/C28H37N3O3/c1-19-9-8-10-20(2)25(19)26(32)31-17-22-15-30(16-23(22)18-31)14-13-24(21-11-6-5-7-12-21)29-27(33)28(3,4)34/h5-12,22-24,34H,13-18H2,1-4H3,(H,29,33)/t22?,23?,24-/m0/s1. The first-order valence-electron chi connectivity index (χ1n) is 12.3. The predicted molar refractivity (Wildman–Crippen MR) is 133 cm³/mol. The zero-order valence-corrected chi connectivity index (χ0v) is 20.8. The van der Waals surface area contributed by atoms with E-state index in [0.29, 0.717) is 11.8 Å². The summed E-state index contributed by atoms with van der Waals surface area (Å²) in [4.78, 5) is 30.2. The van der Waals surface area contributed by atoms with Crippen molar-refractivity contribution < 1.29 is 14.7 Å². The van der Waals surface area contributed by atoms with Crippen LogP contribution in [0.3, 0.4) is 0 Å². The molecule has 3 atom stereocenters. The Morgan fingerprint density at radius 1 is 0.971 bits per heavy atom. The van der Waals surface area contributed by atoms with Crippen LogP contribution in [0, 0.1) is 25.7 Å². The average molecular weight is 464 g/mol. The lowest BCUT2D eigenvalue weighted by atomic mass is 10.0. The van der Waals surface area contributed by atoms with Gasteiger partial charge in [0.25, 0.3) is 11.8 Å². The highest BCUT2D eigenvalue weighted by Gasteiger charge is 2.42. The van der Waals surface area contributed by atoms with Crippen molar-refractivity contribution in [2.45, 2.75) is 45.8 Å². The van der Waals surface area contributed by atoms with E-state index in [1.54, 1.807) is 0 Å². The molecule has 0 bridgehead atoms. The SMILES string of the molecule is Cc1cccc(C)c1C(=O)N1CC2CN(CC[C@H](NC(=O)C(C)(C)O)c3ccccc3)CC2C1. The number of carbonyl (C=O) groups excluding carboxylic acids is 2. The highest BCUT2D eigenvalue weighted by molar-refractivity contribution is 5.97. The van der Waals surface area contributed by atoms with Crippen LogP contribution in [0.1, 0.15) is 53.4 Å². The lowest BCUT2D eigenvalue weighted by molar-refractivity contribution is -0.137. The summed E-state index contributed by atoms with van der Waals surface area (Å²) in [5, 5.41) is 13.1. The summed E-state index contributed by atoms with van der Waals surface area (Å²) in [6.45, 7) is 11.5. The summed E-state index contributed by atoms with van der Waals surface area (Å²) in [5.41, 5.74) is 2.58. The molecule has 2 aromatic rings. The van der Waals surface area contributed by atoms with E-state index in [9.17, 15) is 14.7 Å². The van der Waals surface area contributed by atoms with Crippen molar-refractivity contribution >= 4 is 11.8 Å². The molecule has 2 unspecified atom stereocenters. The number of nitrogens with zero attached hydrogens (tertiary/aromatic N) is 2. The van der Waals surface area contributed by atoms with E-state index in [1.807, 2.05) is 67.3 Å². The minimum atomic E-state index is -1.41. The molecular formula is C28H37N3O3. The molecule has 34 heavy (non-hydrogen) atoms. The second kappa shape index (κ2) is 9.88. The fraction of sp³-hybridized carbons (Fsp3) is 0.500. The summed E-state index contributed by atoms with van der Waals surface area (Å²) in [7, 11) is 0. The number of fused-ring (bicyclic) bond motifs is 1. The first-order chi connectivity index (χ1) is 16.1. The molecule has 2 aliphatic rings. The number of aliphatic hydroxyl groups is 1. The Labute approximate surface area is 203 Å². The third-order valence-electron chi connectivity index (χ3n) is 7.34. The highest BCUT2D eigenvalue weighted by Crippen LogP contribution is 2.33. The summed E-state index contributed by atoms with van der Waals surface area (Å²) in [5.74, 6) is 0.791. The van der Waals surface area contributed by atoms with E-state index < -0.39 is 5.60 Å². The van der Waals surface area contributed by atoms with Crippen molar-refractivity contribution in [3.63, 3.8) is 0 Å². The van der Waals surface area contributed by atoms with Crippen LogP contribution in [0.15, 0.2) is 48.5 Å². The normalized spacial score (nSPS) is 21.4. The molecule has 4 rings (SSSR count). The number of likely N-dealkylation sites (tertiary alicyclic amines) is 2. The quantitative estimate of drug-likeness (QED) is 0.661. The summed E-state index contributed by atoms with van der Waals surface area (Å²) in [6.07, 6.45) is 0.774. The number of aryl methyl sites for hydroxylation is 2. The van der Waals surface area contributed by atoms with Crippen molar-refractivity contribution in [2.75, 3.05) is 32.7 Å². The van der Waals surface area contributed by atoms with Crippen molar-refractivity contribution in [3.8, 4) is 0 Å². The zero-order chi connectivity index (χ0) is 24.5. The second-order valence-electron chi connectivity index (χ2n) is 10.5. The molecule has 2 fully saturated rings. The van der Waals surface area contributed by atoms with Gasteiger partial charge < -0.3 is 20.2 Å². The molecule has 2 heterocycles. The lowest BCUT2D eigenvalue weighted by Gasteiger charge is -2.27. The largest absolute Gasteiger partial charge is 0.381 e. The molecule has 2 aliphatic heterocycles. The third kappa shape index (κ3) is 5.34. The first kappa shape index (κ1) is 24.4. The average Bonchev–Trinajstić information content (AvgIpc) is 3.35. The van der Waals surface area contributed by atoms with Gasteiger partial charge in [0.05, 0.1) is 6.04 Å². The number of hydrogen-bond acceptors (Lipinski definition) is 4. The van der Waals surface area contributed by atoms with Gasteiger partial charge in [0.15, 0.2) is 0 Å².